The fourth-order valence-corrected chi connectivity index (χ4v) is 2.63. The number of carbonyl (C=O) groups is 2. The van der Waals surface area contributed by atoms with E-state index >= 15 is 0 Å². The summed E-state index contributed by atoms with van der Waals surface area (Å²) in [4.78, 5) is 29.3. The summed E-state index contributed by atoms with van der Waals surface area (Å²) in [5, 5.41) is 12.8. The van der Waals surface area contributed by atoms with Gasteiger partial charge in [0.1, 0.15) is 22.8 Å². The molecule has 0 unspecified atom stereocenters. The molecule has 9 nitrogen and oxygen atoms in total. The molecular formula is C19H19N3O6. The van der Waals surface area contributed by atoms with Crippen LogP contribution in [0.5, 0.6) is 5.75 Å². The largest absolute Gasteiger partial charge is 0.485 e. The third kappa shape index (κ3) is 4.37. The van der Waals surface area contributed by atoms with Gasteiger partial charge in [0.25, 0.3) is 5.91 Å². The lowest BCUT2D eigenvalue weighted by Crippen LogP contribution is -2.26. The highest BCUT2D eigenvalue weighted by atomic mass is 16.5. The van der Waals surface area contributed by atoms with Crippen LogP contribution in [0.15, 0.2) is 39.3 Å². The minimum Gasteiger partial charge on any atom is -0.485 e. The Labute approximate surface area is 160 Å². The number of aryl methyl sites for hydroxylation is 2. The molecule has 0 saturated carbocycles. The molecule has 28 heavy (non-hydrogen) atoms. The van der Waals surface area contributed by atoms with Gasteiger partial charge in [-0.3, -0.25) is 4.79 Å². The standard InChI is InChI=1S/C19H19N3O6/c1-11-16(19(24)25)8-15(27-11)9-22(3)18(23)13-5-4-6-14(7-13)26-10-17-20-12(2)28-21-17/h4-8H,9-10H2,1-3H3,(H,24,25). The number of amides is 1. The zero-order chi connectivity index (χ0) is 20.3. The van der Waals surface area contributed by atoms with Crippen molar-refractivity contribution in [1.29, 1.82) is 0 Å². The normalized spacial score (nSPS) is 10.7. The van der Waals surface area contributed by atoms with E-state index in [9.17, 15) is 9.59 Å². The van der Waals surface area contributed by atoms with Gasteiger partial charge in [0.2, 0.25) is 11.7 Å². The molecule has 1 amide bonds. The van der Waals surface area contributed by atoms with Crippen molar-refractivity contribution < 1.29 is 28.4 Å². The lowest BCUT2D eigenvalue weighted by atomic mass is 10.2. The number of furan rings is 1. The molecular weight excluding hydrogens is 366 g/mol. The van der Waals surface area contributed by atoms with Crippen LogP contribution in [-0.4, -0.2) is 39.1 Å². The Balaban J connectivity index is 1.66. The molecule has 0 aliphatic heterocycles. The number of hydrogen-bond donors (Lipinski definition) is 1. The van der Waals surface area contributed by atoms with Gasteiger partial charge in [0.15, 0.2) is 6.61 Å². The van der Waals surface area contributed by atoms with Gasteiger partial charge in [0, 0.05) is 19.5 Å². The van der Waals surface area contributed by atoms with Crippen LogP contribution in [0, 0.1) is 13.8 Å². The van der Waals surface area contributed by atoms with E-state index in [1.807, 2.05) is 0 Å². The molecule has 0 radical (unpaired) electrons. The van der Waals surface area contributed by atoms with E-state index in [4.69, 9.17) is 18.8 Å². The van der Waals surface area contributed by atoms with Crippen molar-refractivity contribution >= 4 is 11.9 Å². The summed E-state index contributed by atoms with van der Waals surface area (Å²) >= 11 is 0. The van der Waals surface area contributed by atoms with Gasteiger partial charge in [0.05, 0.1) is 6.54 Å². The van der Waals surface area contributed by atoms with E-state index < -0.39 is 5.97 Å². The van der Waals surface area contributed by atoms with E-state index in [-0.39, 0.29) is 24.6 Å². The predicted molar refractivity (Wildman–Crippen MR) is 96.0 cm³/mol. The Morgan fingerprint density at radius 3 is 2.68 bits per heavy atom. The van der Waals surface area contributed by atoms with E-state index in [0.717, 1.165) is 0 Å². The number of nitrogens with zero attached hydrogens (tertiary/aromatic N) is 3. The molecule has 1 aromatic carbocycles. The summed E-state index contributed by atoms with van der Waals surface area (Å²) in [5.74, 6) is 0.719. The molecule has 0 spiro atoms. The second-order valence-electron chi connectivity index (χ2n) is 6.20. The average Bonchev–Trinajstić information content (AvgIpc) is 3.24. The van der Waals surface area contributed by atoms with E-state index in [0.29, 0.717) is 34.5 Å². The Bertz CT molecular complexity index is 1010. The van der Waals surface area contributed by atoms with Gasteiger partial charge in [-0.15, -0.1) is 0 Å². The second kappa shape index (κ2) is 7.95. The monoisotopic (exact) mass is 385 g/mol. The van der Waals surface area contributed by atoms with Crippen LogP contribution in [0.2, 0.25) is 0 Å². The van der Waals surface area contributed by atoms with Crippen molar-refractivity contribution in [1.82, 2.24) is 15.0 Å². The highest BCUT2D eigenvalue weighted by Gasteiger charge is 2.18. The molecule has 0 fully saturated rings. The molecule has 9 heteroatoms. The van der Waals surface area contributed by atoms with Crippen LogP contribution in [0.25, 0.3) is 0 Å². The van der Waals surface area contributed by atoms with Gasteiger partial charge in [-0.2, -0.15) is 4.98 Å². The van der Waals surface area contributed by atoms with Crippen molar-refractivity contribution in [3.63, 3.8) is 0 Å². The molecule has 1 N–H and O–H groups in total. The van der Waals surface area contributed by atoms with E-state index in [1.165, 1.54) is 11.0 Å². The predicted octanol–water partition coefficient (Wildman–Crippen LogP) is 2.83. The minimum absolute atomic E-state index is 0.0861. The summed E-state index contributed by atoms with van der Waals surface area (Å²) in [6.07, 6.45) is 0. The number of rotatable bonds is 7. The third-order valence-corrected chi connectivity index (χ3v) is 3.96. The first-order valence-electron chi connectivity index (χ1n) is 8.43. The number of carboxylic acids is 1. The Morgan fingerprint density at radius 2 is 2.04 bits per heavy atom. The van der Waals surface area contributed by atoms with Crippen molar-refractivity contribution in [3.05, 3.63) is 64.7 Å². The molecule has 3 rings (SSSR count). The number of carboxylic acid groups (broad SMARTS) is 1. The molecule has 146 valence electrons. The smallest absolute Gasteiger partial charge is 0.339 e. The first-order valence-corrected chi connectivity index (χ1v) is 8.43. The van der Waals surface area contributed by atoms with Gasteiger partial charge in [-0.25, -0.2) is 4.79 Å². The average molecular weight is 385 g/mol. The molecule has 0 saturated heterocycles. The lowest BCUT2D eigenvalue weighted by molar-refractivity contribution is 0.0694. The zero-order valence-corrected chi connectivity index (χ0v) is 15.6. The Kier molecular flexibility index (Phi) is 5.44. The second-order valence-corrected chi connectivity index (χ2v) is 6.20. The maximum Gasteiger partial charge on any atom is 0.339 e. The minimum atomic E-state index is -1.07. The quantitative estimate of drug-likeness (QED) is 0.659. The Hall–Kier alpha value is -3.62. The van der Waals surface area contributed by atoms with Crippen molar-refractivity contribution in [3.8, 4) is 5.75 Å². The number of ether oxygens (including phenoxy) is 1. The van der Waals surface area contributed by atoms with Crippen LogP contribution >= 0.6 is 0 Å². The molecule has 2 aromatic heterocycles. The van der Waals surface area contributed by atoms with Gasteiger partial charge < -0.3 is 23.7 Å². The van der Waals surface area contributed by atoms with Crippen LogP contribution in [-0.2, 0) is 13.2 Å². The SMILES string of the molecule is Cc1nc(COc2cccc(C(=O)N(C)Cc3cc(C(=O)O)c(C)o3)c2)no1. The fourth-order valence-electron chi connectivity index (χ4n) is 2.63. The van der Waals surface area contributed by atoms with E-state index in [2.05, 4.69) is 10.1 Å². The van der Waals surface area contributed by atoms with Gasteiger partial charge in [-0.1, -0.05) is 11.2 Å². The summed E-state index contributed by atoms with van der Waals surface area (Å²) in [6.45, 7) is 3.51. The number of aromatic nitrogens is 2. The number of carbonyl (C=O) groups excluding carboxylic acids is 1. The topological polar surface area (TPSA) is 119 Å². The maximum atomic E-state index is 12.7. The van der Waals surface area contributed by atoms with Gasteiger partial charge in [-0.05, 0) is 31.2 Å². The summed E-state index contributed by atoms with van der Waals surface area (Å²) in [7, 11) is 1.61. The molecule has 0 bridgehead atoms. The molecule has 0 aliphatic rings. The van der Waals surface area contributed by atoms with Crippen LogP contribution < -0.4 is 4.74 Å². The van der Waals surface area contributed by atoms with Crippen molar-refractivity contribution in [2.45, 2.75) is 27.0 Å². The molecule has 2 heterocycles. The van der Waals surface area contributed by atoms with Gasteiger partial charge >= 0.3 is 5.97 Å². The summed E-state index contributed by atoms with van der Waals surface area (Å²) in [5.41, 5.74) is 0.508. The van der Waals surface area contributed by atoms with E-state index in [1.54, 1.807) is 45.2 Å². The maximum absolute atomic E-state index is 12.7. The van der Waals surface area contributed by atoms with Crippen LogP contribution in [0.4, 0.5) is 0 Å². The molecule has 0 aliphatic carbocycles. The number of hydrogen-bond acceptors (Lipinski definition) is 7. The first-order chi connectivity index (χ1) is 13.3. The third-order valence-electron chi connectivity index (χ3n) is 3.96. The lowest BCUT2D eigenvalue weighted by Gasteiger charge is -2.16. The zero-order valence-electron chi connectivity index (χ0n) is 15.6. The molecule has 3 aromatic rings. The summed E-state index contributed by atoms with van der Waals surface area (Å²) in [6, 6.07) is 8.13. The fraction of sp³-hybridized carbons (Fsp3) is 0.263. The van der Waals surface area contributed by atoms with Crippen LogP contribution in [0.1, 0.15) is 44.0 Å². The highest BCUT2D eigenvalue weighted by molar-refractivity contribution is 5.94. The Morgan fingerprint density at radius 1 is 1.25 bits per heavy atom. The number of benzene rings is 1. The summed E-state index contributed by atoms with van der Waals surface area (Å²) < 4.78 is 15.9. The molecule has 0 atom stereocenters. The highest BCUT2D eigenvalue weighted by Crippen LogP contribution is 2.19. The van der Waals surface area contributed by atoms with Crippen molar-refractivity contribution in [2.24, 2.45) is 0 Å². The van der Waals surface area contributed by atoms with Crippen LogP contribution in [0.3, 0.4) is 0 Å². The van der Waals surface area contributed by atoms with Crippen molar-refractivity contribution in [2.75, 3.05) is 7.05 Å². The number of aromatic carboxylic acids is 1. The first kappa shape index (κ1) is 19.2.